The Bertz CT molecular complexity index is 3290. The van der Waals surface area contributed by atoms with Crippen molar-refractivity contribution in [1.29, 1.82) is 0 Å². The molecule has 0 bridgehead atoms. The van der Waals surface area contributed by atoms with Crippen molar-refractivity contribution < 1.29 is 247 Å². The normalized spacial score (nSPS) is 49.7. The Labute approximate surface area is 691 Å². The predicted molar refractivity (Wildman–Crippen MR) is 375 cm³/mol. The average molecular weight is 1790 g/mol. The zero-order chi connectivity index (χ0) is 89.8. The summed E-state index contributed by atoms with van der Waals surface area (Å²) >= 11 is 0. The van der Waals surface area contributed by atoms with Crippen LogP contribution in [0.3, 0.4) is 0 Å². The molecule has 0 radical (unpaired) electrons. The Hall–Kier alpha value is -3.96. The molecule has 0 saturated carbocycles. The van der Waals surface area contributed by atoms with Crippen molar-refractivity contribution in [3.8, 4) is 0 Å². The first-order valence-electron chi connectivity index (χ1n) is 39.0. The zero-order valence-corrected chi connectivity index (χ0v) is 65.7. The molecule has 0 spiro atoms. The molecule has 10 aliphatic rings. The standard InChI is InChI=1S/C68H114N4O50/c1-15-33(85)43(95)47(99)64(105-15)122-58-57(121-61-29(69-16(2)81)39(91)34(86)20(6-73)107-61)37(89)23(9-76)110-68(58)118-53-27(13-80)113-63(32(42(53)94)72-19(5)84)120-56-38(90)28(14-104-60-30(70-17(3)82)40(92)51(25(11-78)111-60)115-65-48(100)44(96)35(87)21(7-74)108-65)114-67(50(56)102)116-52-26(12-79)112-62(31(41(52)93)71-18(4)83)119-55-36(88)22(8-75)109-66(49(55)101)117-54-24(10-77)106-59(103)46(98)45(54)97/h15,20-68,73-80,85-103H,6-14H2,1-5H3,(H,69,81)(H,70,82)(H,71,83)(H,72,84)/t15-,20+,21+,22+,23+,24+,25+,26+,27+,28+,29+,30+,31+,32+,33+,34-,35-,36-,37-,38-,39+,40+,41+,42+,43+,44-,45+,46+,47-,48+,49+,50+,51+,52+,53+,54+,55-,56-,57-,58+,59+,60+,61+,62-,63-,64-,65-,66-,67-,68-/m0/s1. The van der Waals surface area contributed by atoms with Gasteiger partial charge in [0.25, 0.3) is 0 Å². The maximum atomic E-state index is 13.5. The maximum absolute atomic E-state index is 13.5. The summed E-state index contributed by atoms with van der Waals surface area (Å²) in [5.74, 6) is -3.84. The fraction of sp³-hybridized carbons (Fsp3) is 0.941. The highest BCUT2D eigenvalue weighted by Gasteiger charge is 2.62. The molecule has 0 aromatic rings. The van der Waals surface area contributed by atoms with Gasteiger partial charge in [-0.25, -0.2) is 0 Å². The number of hydrogen-bond donors (Lipinski definition) is 31. The molecule has 10 rings (SSSR count). The summed E-state index contributed by atoms with van der Waals surface area (Å²) in [5.41, 5.74) is 0. The molecule has 10 fully saturated rings. The smallest absolute Gasteiger partial charge is 0.217 e. The lowest BCUT2D eigenvalue weighted by atomic mass is 9.93. The SMILES string of the molecule is CC(=O)N[C@H]1[C@H](OC[C@H]2O[C@@H](O[C@H]3[C@H](O)[C@@H](NC(C)=O)[C@H](O[C@H]4[C@@H](O)[C@@H](CO)O[C@@H](O[C@H]5[C@H](O)[C@@H](O)[C@H](O)O[C@@H]5CO)[C@@H]4O)O[C@@H]3CO)[C@H](O)[C@@H](O[C@@H]3O[C@H](CO)[C@@H](O[C@@H]4O[C@H](CO)[C@H](O)[C@H](O[C@H]5O[C@H](CO)[C@H](O)[C@H](O)[C@H]5NC(C)=O)[C@H]4O[C@@H]4O[C@@H](C)[C@@H](O)[C@@H](O)[C@@H]4O)[C@H](O)[C@H]3NC(C)=O)[C@H]2O)O[C@H](CO)[C@@H](O[C@@H]2O[C@H](CO)[C@H](O)[C@H](O)[C@H]2O)[C@@H]1O. The van der Waals surface area contributed by atoms with E-state index < -0.39 is 390 Å². The van der Waals surface area contributed by atoms with Crippen LogP contribution in [0.4, 0.5) is 0 Å². The minimum atomic E-state index is -2.58. The Morgan fingerprint density at radius 2 is 0.500 bits per heavy atom. The number of aliphatic hydroxyl groups is 27. The van der Waals surface area contributed by atoms with E-state index >= 15 is 0 Å². The first-order chi connectivity index (χ1) is 57.7. The average Bonchev–Trinajstić information content (AvgIpc) is 0.759. The second kappa shape index (κ2) is 43.6. The van der Waals surface area contributed by atoms with Crippen LogP contribution in [0.2, 0.25) is 0 Å². The minimum Gasteiger partial charge on any atom is -0.394 e. The fourth-order valence-electron chi connectivity index (χ4n) is 15.9. The molecule has 122 heavy (non-hydrogen) atoms. The molecule has 0 aromatic carbocycles. The first-order valence-corrected chi connectivity index (χ1v) is 39.0. The number of amides is 4. The van der Waals surface area contributed by atoms with Gasteiger partial charge in [0, 0.05) is 27.7 Å². The maximum Gasteiger partial charge on any atom is 0.217 e. The van der Waals surface area contributed by atoms with E-state index in [2.05, 4.69) is 21.3 Å². The summed E-state index contributed by atoms with van der Waals surface area (Å²) in [4.78, 5) is 52.1. The highest BCUT2D eigenvalue weighted by molar-refractivity contribution is 5.74. The number of carbonyl (C=O) groups is 4. The van der Waals surface area contributed by atoms with Gasteiger partial charge in [-0.15, -0.1) is 0 Å². The quantitative estimate of drug-likeness (QED) is 0.0306. The van der Waals surface area contributed by atoms with E-state index in [1.807, 2.05) is 0 Å². The van der Waals surface area contributed by atoms with Crippen molar-refractivity contribution >= 4 is 23.6 Å². The highest BCUT2D eigenvalue weighted by Crippen LogP contribution is 2.41. The van der Waals surface area contributed by atoms with Gasteiger partial charge in [-0.3, -0.25) is 19.2 Å². The monoisotopic (exact) mass is 1790 g/mol. The van der Waals surface area contributed by atoms with Crippen LogP contribution in [0.15, 0.2) is 0 Å². The lowest BCUT2D eigenvalue weighted by molar-refractivity contribution is -0.403. The van der Waals surface area contributed by atoms with Crippen LogP contribution in [0.1, 0.15) is 34.6 Å². The van der Waals surface area contributed by atoms with Gasteiger partial charge < -0.3 is 249 Å². The molecule has 50 atom stereocenters. The van der Waals surface area contributed by atoms with Crippen molar-refractivity contribution in [1.82, 2.24) is 21.3 Å². The molecule has 4 amide bonds. The number of rotatable bonds is 31. The first kappa shape index (κ1) is 100. The molecule has 54 heteroatoms. The van der Waals surface area contributed by atoms with Crippen LogP contribution in [0.5, 0.6) is 0 Å². The van der Waals surface area contributed by atoms with Gasteiger partial charge in [0.15, 0.2) is 62.9 Å². The molecular formula is C68H114N4O50. The molecule has 10 saturated heterocycles. The van der Waals surface area contributed by atoms with E-state index in [0.29, 0.717) is 0 Å². The highest BCUT2D eigenvalue weighted by atomic mass is 16.8. The molecule has 54 nitrogen and oxygen atoms in total. The fourth-order valence-corrected chi connectivity index (χ4v) is 15.9. The van der Waals surface area contributed by atoms with Crippen LogP contribution in [-0.4, -0.2) is 528 Å². The van der Waals surface area contributed by atoms with E-state index in [4.69, 9.17) is 90.0 Å². The van der Waals surface area contributed by atoms with Gasteiger partial charge in [0.05, 0.1) is 65.6 Å². The molecular weight excluding hydrogens is 1670 g/mol. The van der Waals surface area contributed by atoms with Gasteiger partial charge in [-0.2, -0.15) is 0 Å². The Balaban J connectivity index is 0.977. The summed E-state index contributed by atoms with van der Waals surface area (Å²) in [5, 5.41) is 310. The molecule has 31 N–H and O–H groups in total. The van der Waals surface area contributed by atoms with E-state index in [0.717, 1.165) is 27.7 Å². The van der Waals surface area contributed by atoms with E-state index in [1.54, 1.807) is 0 Å². The second-order valence-corrected chi connectivity index (χ2v) is 31.0. The van der Waals surface area contributed by atoms with Gasteiger partial charge >= 0.3 is 0 Å². The Kier molecular flexibility index (Phi) is 35.8. The van der Waals surface area contributed by atoms with E-state index in [1.165, 1.54) is 6.92 Å². The van der Waals surface area contributed by atoms with Crippen LogP contribution in [0.25, 0.3) is 0 Å². The van der Waals surface area contributed by atoms with Crippen molar-refractivity contribution in [3.63, 3.8) is 0 Å². The van der Waals surface area contributed by atoms with Crippen LogP contribution >= 0.6 is 0 Å². The summed E-state index contributed by atoms with van der Waals surface area (Å²) in [6, 6.07) is -7.80. The van der Waals surface area contributed by atoms with Crippen LogP contribution in [-0.2, 0) is 109 Å². The van der Waals surface area contributed by atoms with Gasteiger partial charge in [-0.1, -0.05) is 0 Å². The molecule has 10 aliphatic heterocycles. The molecule has 0 aliphatic carbocycles. The lowest BCUT2D eigenvalue weighted by Gasteiger charge is -2.52. The summed E-state index contributed by atoms with van der Waals surface area (Å²) < 4.78 is 113. The van der Waals surface area contributed by atoms with E-state index in [9.17, 15) is 157 Å². The molecule has 706 valence electrons. The van der Waals surface area contributed by atoms with Crippen molar-refractivity contribution in [2.24, 2.45) is 0 Å². The zero-order valence-electron chi connectivity index (χ0n) is 65.7. The molecule has 0 unspecified atom stereocenters. The van der Waals surface area contributed by atoms with Crippen molar-refractivity contribution in [3.05, 3.63) is 0 Å². The van der Waals surface area contributed by atoms with Crippen molar-refractivity contribution in [2.75, 3.05) is 59.5 Å². The number of ether oxygens (including phenoxy) is 19. The number of aliphatic hydroxyl groups excluding tert-OH is 27. The second-order valence-electron chi connectivity index (χ2n) is 31.0. The summed E-state index contributed by atoms with van der Waals surface area (Å²) in [6.07, 6.45) is -95.3. The van der Waals surface area contributed by atoms with Gasteiger partial charge in [0.1, 0.15) is 238 Å². The molecule has 0 aromatic heterocycles. The third-order valence-electron chi connectivity index (χ3n) is 22.4. The Morgan fingerprint density at radius 3 is 0.918 bits per heavy atom. The summed E-state index contributed by atoms with van der Waals surface area (Å²) in [7, 11) is 0. The van der Waals surface area contributed by atoms with Crippen LogP contribution in [0, 0.1) is 0 Å². The number of hydrogen-bond acceptors (Lipinski definition) is 50. The minimum absolute atomic E-state index is 0.866. The Morgan fingerprint density at radius 1 is 0.230 bits per heavy atom. The predicted octanol–water partition coefficient (Wildman–Crippen LogP) is -21.2. The third kappa shape index (κ3) is 21.9. The van der Waals surface area contributed by atoms with Crippen LogP contribution < -0.4 is 21.3 Å². The van der Waals surface area contributed by atoms with Gasteiger partial charge in [-0.05, 0) is 6.92 Å². The van der Waals surface area contributed by atoms with E-state index in [-0.39, 0.29) is 0 Å². The number of nitrogens with one attached hydrogen (secondary N) is 4. The topological polar surface area (TPSA) is 838 Å². The van der Waals surface area contributed by atoms with Gasteiger partial charge in [0.2, 0.25) is 23.6 Å². The van der Waals surface area contributed by atoms with Crippen molar-refractivity contribution in [2.45, 2.75) is 341 Å². The largest absolute Gasteiger partial charge is 0.394 e. The lowest BCUT2D eigenvalue weighted by Crippen LogP contribution is -2.71. The molecule has 10 heterocycles. The summed E-state index contributed by atoms with van der Waals surface area (Å²) in [6.45, 7) is -5.06. The number of carbonyl (C=O) groups excluding carboxylic acids is 4. The third-order valence-corrected chi connectivity index (χ3v) is 22.4.